The van der Waals surface area contributed by atoms with Crippen molar-refractivity contribution in [1.29, 1.82) is 0 Å². The van der Waals surface area contributed by atoms with Crippen molar-refractivity contribution in [3.05, 3.63) is 35.4 Å². The van der Waals surface area contributed by atoms with Crippen LogP contribution in [0.5, 0.6) is 0 Å². The Morgan fingerprint density at radius 2 is 1.78 bits per heavy atom. The van der Waals surface area contributed by atoms with E-state index in [0.717, 1.165) is 18.4 Å². The molecule has 18 heavy (non-hydrogen) atoms. The molecule has 100 valence electrons. The first-order valence-corrected chi connectivity index (χ1v) is 6.39. The fraction of sp³-hybridized carbons (Fsp3) is 0.600. The summed E-state index contributed by atoms with van der Waals surface area (Å²) in [5, 5.41) is 0. The third-order valence-corrected chi connectivity index (χ3v) is 3.18. The molecule has 0 amide bonds. The number of halogens is 2. The van der Waals surface area contributed by atoms with Crippen molar-refractivity contribution in [1.82, 2.24) is 0 Å². The van der Waals surface area contributed by atoms with E-state index < -0.39 is 12.5 Å². The number of alkyl halides is 2. The first-order valence-electron chi connectivity index (χ1n) is 6.39. The van der Waals surface area contributed by atoms with Crippen molar-refractivity contribution >= 4 is 0 Å². The Labute approximate surface area is 107 Å². The molecule has 1 nitrogen and oxygen atoms in total. The molecule has 1 aromatic carbocycles. The van der Waals surface area contributed by atoms with Crippen LogP contribution >= 0.6 is 0 Å². The van der Waals surface area contributed by atoms with Gasteiger partial charge in [0, 0.05) is 5.56 Å². The predicted octanol–water partition coefficient (Wildman–Crippen LogP) is 4.25. The molecule has 0 N–H and O–H groups in total. The summed E-state index contributed by atoms with van der Waals surface area (Å²) in [6.07, 6.45) is 1.89. The van der Waals surface area contributed by atoms with Crippen LogP contribution in [-0.4, -0.2) is 12.7 Å². The Balaban J connectivity index is 2.15. The lowest BCUT2D eigenvalue weighted by atomic mass is 9.85. The lowest BCUT2D eigenvalue weighted by Crippen LogP contribution is -2.23. The van der Waals surface area contributed by atoms with Crippen molar-refractivity contribution in [2.24, 2.45) is 0 Å². The second kappa shape index (κ2) is 4.61. The van der Waals surface area contributed by atoms with Crippen molar-refractivity contribution < 1.29 is 13.5 Å². The normalized spacial score (nSPS) is 16.9. The molecule has 1 aliphatic carbocycles. The molecule has 0 radical (unpaired) electrons. The van der Waals surface area contributed by atoms with E-state index in [4.69, 9.17) is 4.74 Å². The molecule has 0 saturated heterocycles. The average molecular weight is 254 g/mol. The highest BCUT2D eigenvalue weighted by Crippen LogP contribution is 2.34. The topological polar surface area (TPSA) is 9.23 Å². The Hall–Kier alpha value is -0.960. The van der Waals surface area contributed by atoms with Gasteiger partial charge in [0.15, 0.2) is 0 Å². The summed E-state index contributed by atoms with van der Waals surface area (Å²) in [5.74, 6) is -2.90. The van der Waals surface area contributed by atoms with Gasteiger partial charge in [-0.3, -0.25) is 0 Å². The minimum Gasteiger partial charge on any atom is -0.372 e. The molecule has 0 bridgehead atoms. The van der Waals surface area contributed by atoms with E-state index in [-0.39, 0.29) is 17.1 Å². The standard InChI is InChI=1S/C15H20F2O/c1-14(2,3)11-5-4-6-12(9-11)15(16,17)10-18-13-7-8-13/h4-6,9,13H,7-8,10H2,1-3H3. The maximum absolute atomic E-state index is 14.0. The molecule has 0 atom stereocenters. The zero-order valence-electron chi connectivity index (χ0n) is 11.2. The smallest absolute Gasteiger partial charge is 0.296 e. The molecular weight excluding hydrogens is 234 g/mol. The second-order valence-corrected chi connectivity index (χ2v) is 6.05. The SMILES string of the molecule is CC(C)(C)c1cccc(C(F)(F)COC2CC2)c1. The van der Waals surface area contributed by atoms with Crippen LogP contribution in [0, 0.1) is 0 Å². The molecule has 3 heteroatoms. The molecule has 1 fully saturated rings. The van der Waals surface area contributed by atoms with Gasteiger partial charge in [-0.25, -0.2) is 0 Å². The third-order valence-electron chi connectivity index (χ3n) is 3.18. The molecule has 0 aliphatic heterocycles. The largest absolute Gasteiger partial charge is 0.372 e. The van der Waals surface area contributed by atoms with Crippen LogP contribution in [0.3, 0.4) is 0 Å². The highest BCUT2D eigenvalue weighted by Gasteiger charge is 2.35. The van der Waals surface area contributed by atoms with Gasteiger partial charge in [-0.15, -0.1) is 0 Å². The molecule has 1 aliphatic rings. The van der Waals surface area contributed by atoms with E-state index in [1.807, 2.05) is 26.8 Å². The minimum absolute atomic E-state index is 0.0515. The predicted molar refractivity (Wildman–Crippen MR) is 68.0 cm³/mol. The van der Waals surface area contributed by atoms with Crippen molar-refractivity contribution in [2.45, 2.75) is 51.1 Å². The fourth-order valence-corrected chi connectivity index (χ4v) is 1.75. The molecule has 2 rings (SSSR count). The van der Waals surface area contributed by atoms with Crippen LogP contribution in [0.25, 0.3) is 0 Å². The van der Waals surface area contributed by atoms with Gasteiger partial charge in [0.2, 0.25) is 0 Å². The van der Waals surface area contributed by atoms with Gasteiger partial charge < -0.3 is 4.74 Å². The Kier molecular flexibility index (Phi) is 3.45. The molecule has 1 saturated carbocycles. The molecule has 0 aromatic heterocycles. The molecule has 0 unspecified atom stereocenters. The monoisotopic (exact) mass is 254 g/mol. The summed E-state index contributed by atoms with van der Waals surface area (Å²) in [6, 6.07) is 6.66. The first kappa shape index (κ1) is 13.5. The third kappa shape index (κ3) is 3.29. The van der Waals surface area contributed by atoms with Gasteiger partial charge in [0.05, 0.1) is 6.10 Å². The Morgan fingerprint density at radius 3 is 2.33 bits per heavy atom. The summed E-state index contributed by atoms with van der Waals surface area (Å²) < 4.78 is 33.1. The van der Waals surface area contributed by atoms with E-state index in [9.17, 15) is 8.78 Å². The maximum Gasteiger partial charge on any atom is 0.296 e. The van der Waals surface area contributed by atoms with Gasteiger partial charge >= 0.3 is 0 Å². The number of rotatable bonds is 4. The van der Waals surface area contributed by atoms with Gasteiger partial charge in [0.1, 0.15) is 6.61 Å². The highest BCUT2D eigenvalue weighted by atomic mass is 19.3. The van der Waals surface area contributed by atoms with Crippen LogP contribution in [0.4, 0.5) is 8.78 Å². The van der Waals surface area contributed by atoms with E-state index in [1.165, 1.54) is 6.07 Å². The first-order chi connectivity index (χ1) is 8.29. The van der Waals surface area contributed by atoms with E-state index in [0.29, 0.717) is 0 Å². The Bertz CT molecular complexity index is 417. The quantitative estimate of drug-likeness (QED) is 0.780. The molecular formula is C15H20F2O. The van der Waals surface area contributed by atoms with Crippen LogP contribution in [0.1, 0.15) is 44.7 Å². The highest BCUT2D eigenvalue weighted by molar-refractivity contribution is 5.31. The lowest BCUT2D eigenvalue weighted by Gasteiger charge is -2.22. The summed E-state index contributed by atoms with van der Waals surface area (Å²) in [7, 11) is 0. The molecule has 0 heterocycles. The summed E-state index contributed by atoms with van der Waals surface area (Å²) in [6.45, 7) is 5.55. The molecule has 0 spiro atoms. The van der Waals surface area contributed by atoms with Crippen LogP contribution in [0.15, 0.2) is 24.3 Å². The number of hydrogen-bond acceptors (Lipinski definition) is 1. The lowest BCUT2D eigenvalue weighted by molar-refractivity contribution is -0.0874. The van der Waals surface area contributed by atoms with Crippen LogP contribution < -0.4 is 0 Å². The fourth-order valence-electron chi connectivity index (χ4n) is 1.75. The van der Waals surface area contributed by atoms with Crippen molar-refractivity contribution in [3.63, 3.8) is 0 Å². The summed E-state index contributed by atoms with van der Waals surface area (Å²) in [4.78, 5) is 0. The van der Waals surface area contributed by atoms with Gasteiger partial charge in [-0.05, 0) is 29.9 Å². The summed E-state index contributed by atoms with van der Waals surface area (Å²) in [5.41, 5.74) is 0.852. The van der Waals surface area contributed by atoms with Crippen molar-refractivity contribution in [3.8, 4) is 0 Å². The average Bonchev–Trinajstić information content (AvgIpc) is 3.09. The van der Waals surface area contributed by atoms with E-state index in [1.54, 1.807) is 12.1 Å². The van der Waals surface area contributed by atoms with Gasteiger partial charge in [-0.2, -0.15) is 8.78 Å². The second-order valence-electron chi connectivity index (χ2n) is 6.05. The van der Waals surface area contributed by atoms with Gasteiger partial charge in [0.25, 0.3) is 5.92 Å². The Morgan fingerprint density at radius 1 is 1.17 bits per heavy atom. The van der Waals surface area contributed by atoms with Crippen molar-refractivity contribution in [2.75, 3.05) is 6.61 Å². The zero-order chi connectivity index (χ0) is 13.4. The minimum atomic E-state index is -2.90. The zero-order valence-corrected chi connectivity index (χ0v) is 11.2. The maximum atomic E-state index is 14.0. The van der Waals surface area contributed by atoms with E-state index >= 15 is 0 Å². The van der Waals surface area contributed by atoms with Crippen LogP contribution in [-0.2, 0) is 16.1 Å². The molecule has 1 aromatic rings. The van der Waals surface area contributed by atoms with E-state index in [2.05, 4.69) is 0 Å². The number of hydrogen-bond donors (Lipinski definition) is 0. The van der Waals surface area contributed by atoms with Gasteiger partial charge in [-0.1, -0.05) is 39.0 Å². The summed E-state index contributed by atoms with van der Waals surface area (Å²) >= 11 is 0. The van der Waals surface area contributed by atoms with Crippen LogP contribution in [0.2, 0.25) is 0 Å². The number of ether oxygens (including phenoxy) is 1. The number of benzene rings is 1.